The highest BCUT2D eigenvalue weighted by molar-refractivity contribution is 5.76. The Hall–Kier alpha value is -1.40. The van der Waals surface area contributed by atoms with E-state index in [1.54, 1.807) is 0 Å². The molecule has 0 aliphatic rings. The van der Waals surface area contributed by atoms with Crippen molar-refractivity contribution >= 4 is 11.9 Å². The fourth-order valence-electron chi connectivity index (χ4n) is 11.8. The lowest BCUT2D eigenvalue weighted by Crippen LogP contribution is -2.45. The van der Waals surface area contributed by atoms with Crippen LogP contribution in [0.15, 0.2) is 12.2 Å². The summed E-state index contributed by atoms with van der Waals surface area (Å²) in [5.74, 6) is -0.0124. The van der Waals surface area contributed by atoms with E-state index in [0.717, 1.165) is 44.9 Å². The van der Waals surface area contributed by atoms with Crippen molar-refractivity contribution in [2.24, 2.45) is 0 Å². The van der Waals surface area contributed by atoms with Crippen LogP contribution >= 0.6 is 0 Å². The number of carbonyl (C=O) groups excluding carboxylic acids is 2. The van der Waals surface area contributed by atoms with Crippen LogP contribution in [0.1, 0.15) is 418 Å². The molecular formula is C73H143NO5. The van der Waals surface area contributed by atoms with Gasteiger partial charge in [-0.25, -0.2) is 0 Å². The number of carbonyl (C=O) groups is 2. The van der Waals surface area contributed by atoms with E-state index in [1.807, 2.05) is 0 Å². The molecular weight excluding hydrogens is 971 g/mol. The van der Waals surface area contributed by atoms with Gasteiger partial charge in [-0.3, -0.25) is 9.59 Å². The molecule has 0 aliphatic carbocycles. The first-order chi connectivity index (χ1) is 39.0. The maximum absolute atomic E-state index is 12.5. The normalized spacial score (nSPS) is 12.5. The van der Waals surface area contributed by atoms with Crippen LogP contribution in [0.2, 0.25) is 0 Å². The highest BCUT2D eigenvalue weighted by Crippen LogP contribution is 2.20. The van der Waals surface area contributed by atoms with Crippen LogP contribution in [0.3, 0.4) is 0 Å². The summed E-state index contributed by atoms with van der Waals surface area (Å²) in [6.07, 6.45) is 85.9. The number of nitrogens with one attached hydrogen (secondary N) is 1. The Morgan fingerprint density at radius 1 is 0.342 bits per heavy atom. The maximum Gasteiger partial charge on any atom is 0.305 e. The van der Waals surface area contributed by atoms with Gasteiger partial charge in [0.15, 0.2) is 0 Å². The number of unbranched alkanes of at least 4 members (excludes halogenated alkanes) is 56. The van der Waals surface area contributed by atoms with E-state index in [9.17, 15) is 19.8 Å². The minimum Gasteiger partial charge on any atom is -0.466 e. The monoisotopic (exact) mass is 1110 g/mol. The summed E-state index contributed by atoms with van der Waals surface area (Å²) >= 11 is 0. The first-order valence-corrected chi connectivity index (χ1v) is 36.4. The Kier molecular flexibility index (Phi) is 67.9. The number of rotatable bonds is 69. The van der Waals surface area contributed by atoms with Gasteiger partial charge in [-0.15, -0.1) is 0 Å². The van der Waals surface area contributed by atoms with Crippen LogP contribution in [0.4, 0.5) is 0 Å². The number of esters is 1. The zero-order valence-electron chi connectivity index (χ0n) is 53.9. The second-order valence-electron chi connectivity index (χ2n) is 25.3. The van der Waals surface area contributed by atoms with E-state index in [1.165, 1.54) is 340 Å². The number of aliphatic hydroxyl groups excluding tert-OH is 2. The summed E-state index contributed by atoms with van der Waals surface area (Å²) in [5, 5.41) is 23.2. The third-order valence-corrected chi connectivity index (χ3v) is 17.3. The number of ether oxygens (including phenoxy) is 1. The van der Waals surface area contributed by atoms with Crippen LogP contribution in [0.5, 0.6) is 0 Å². The lowest BCUT2D eigenvalue weighted by molar-refractivity contribution is -0.143. The molecule has 6 nitrogen and oxygen atoms in total. The van der Waals surface area contributed by atoms with Crippen LogP contribution in [0, 0.1) is 0 Å². The van der Waals surface area contributed by atoms with Gasteiger partial charge >= 0.3 is 5.97 Å². The van der Waals surface area contributed by atoms with Crippen LogP contribution in [-0.2, 0) is 14.3 Å². The maximum atomic E-state index is 12.5. The van der Waals surface area contributed by atoms with Gasteiger partial charge in [0, 0.05) is 12.8 Å². The van der Waals surface area contributed by atoms with Gasteiger partial charge in [0.25, 0.3) is 0 Å². The highest BCUT2D eigenvalue weighted by atomic mass is 16.5. The average molecular weight is 1110 g/mol. The average Bonchev–Trinajstić information content (AvgIpc) is 3.45. The summed E-state index contributed by atoms with van der Waals surface area (Å²) in [6, 6.07) is -0.534. The summed E-state index contributed by atoms with van der Waals surface area (Å²) in [5.41, 5.74) is 0. The van der Waals surface area contributed by atoms with Gasteiger partial charge in [-0.2, -0.15) is 0 Å². The van der Waals surface area contributed by atoms with E-state index in [0.29, 0.717) is 25.9 Å². The van der Waals surface area contributed by atoms with Crippen molar-refractivity contribution in [1.82, 2.24) is 5.32 Å². The van der Waals surface area contributed by atoms with E-state index in [-0.39, 0.29) is 18.5 Å². The quantitative estimate of drug-likeness (QED) is 0.0320. The molecule has 0 bridgehead atoms. The van der Waals surface area contributed by atoms with Crippen LogP contribution < -0.4 is 5.32 Å². The van der Waals surface area contributed by atoms with Gasteiger partial charge in [-0.1, -0.05) is 366 Å². The van der Waals surface area contributed by atoms with Gasteiger partial charge in [-0.05, 0) is 51.4 Å². The van der Waals surface area contributed by atoms with E-state index >= 15 is 0 Å². The standard InChI is InChI=1S/C73H143NO5/c1-3-5-7-9-11-13-15-16-40-44-47-51-55-59-63-67-73(78)79-68-64-60-56-52-48-45-42-39-37-35-33-31-29-27-25-23-21-19-17-18-20-22-24-26-28-30-32-34-36-38-41-43-46-50-54-58-62-66-72(77)74-70(69-75)71(76)65-61-57-53-49-14-12-10-8-6-4-2/h16,40,70-71,75-76H,3-15,17-39,41-69H2,1-2H3,(H,74,77)/b40-16-. The van der Waals surface area contributed by atoms with Gasteiger partial charge in [0.05, 0.1) is 25.4 Å². The zero-order valence-corrected chi connectivity index (χ0v) is 53.9. The second kappa shape index (κ2) is 69.1. The molecule has 0 radical (unpaired) electrons. The number of allylic oxidation sites excluding steroid dienone is 2. The minimum absolute atomic E-state index is 0.0162. The van der Waals surface area contributed by atoms with Crippen molar-refractivity contribution in [1.29, 1.82) is 0 Å². The van der Waals surface area contributed by atoms with Crippen LogP contribution in [0.25, 0.3) is 0 Å². The number of amides is 1. The summed E-state index contributed by atoms with van der Waals surface area (Å²) < 4.78 is 5.50. The van der Waals surface area contributed by atoms with Crippen molar-refractivity contribution in [2.45, 2.75) is 431 Å². The molecule has 2 atom stereocenters. The molecule has 2 unspecified atom stereocenters. The minimum atomic E-state index is -0.657. The van der Waals surface area contributed by atoms with Crippen LogP contribution in [-0.4, -0.2) is 47.4 Å². The molecule has 0 saturated heterocycles. The summed E-state index contributed by atoms with van der Waals surface area (Å²) in [7, 11) is 0. The summed E-state index contributed by atoms with van der Waals surface area (Å²) in [4.78, 5) is 24.5. The van der Waals surface area contributed by atoms with E-state index in [2.05, 4.69) is 31.3 Å². The lowest BCUT2D eigenvalue weighted by Gasteiger charge is -2.22. The SMILES string of the molecule is CCCCCCCC/C=C\CCCCCCCC(=O)OCCCCCCCCCCCCCCCCCCCCCCCCCCCCCCCCCCCCCCCC(=O)NC(CO)C(O)CCCCCCCCCCCC. The molecule has 0 saturated carbocycles. The molecule has 0 spiro atoms. The van der Waals surface area contributed by atoms with Gasteiger partial charge in [0.1, 0.15) is 0 Å². The number of aliphatic hydroxyl groups is 2. The fraction of sp³-hybridized carbons (Fsp3) is 0.945. The zero-order chi connectivity index (χ0) is 57.1. The first-order valence-electron chi connectivity index (χ1n) is 36.4. The van der Waals surface area contributed by atoms with Crippen molar-refractivity contribution in [2.75, 3.05) is 13.2 Å². The molecule has 6 heteroatoms. The topological polar surface area (TPSA) is 95.9 Å². The Balaban J connectivity index is 3.26. The molecule has 0 fully saturated rings. The first kappa shape index (κ1) is 77.6. The third-order valence-electron chi connectivity index (χ3n) is 17.3. The molecule has 0 aromatic carbocycles. The Morgan fingerprint density at radius 2 is 0.595 bits per heavy atom. The molecule has 0 heterocycles. The molecule has 1 amide bonds. The van der Waals surface area contributed by atoms with Crippen molar-refractivity contribution in [3.8, 4) is 0 Å². The second-order valence-corrected chi connectivity index (χ2v) is 25.3. The van der Waals surface area contributed by atoms with Crippen molar-refractivity contribution in [3.05, 3.63) is 12.2 Å². The van der Waals surface area contributed by atoms with E-state index < -0.39 is 12.1 Å². The molecule has 0 aromatic rings. The molecule has 470 valence electrons. The number of hydrogen-bond donors (Lipinski definition) is 3. The predicted molar refractivity (Wildman–Crippen MR) is 347 cm³/mol. The third kappa shape index (κ3) is 65.6. The number of hydrogen-bond acceptors (Lipinski definition) is 5. The Labute approximate surface area is 495 Å². The highest BCUT2D eigenvalue weighted by Gasteiger charge is 2.20. The van der Waals surface area contributed by atoms with Crippen molar-refractivity contribution < 1.29 is 24.5 Å². The fourth-order valence-corrected chi connectivity index (χ4v) is 11.8. The van der Waals surface area contributed by atoms with Gasteiger partial charge in [0.2, 0.25) is 5.91 Å². The summed E-state index contributed by atoms with van der Waals surface area (Å²) in [6.45, 7) is 4.97. The molecule has 79 heavy (non-hydrogen) atoms. The smallest absolute Gasteiger partial charge is 0.305 e. The van der Waals surface area contributed by atoms with Crippen molar-refractivity contribution in [3.63, 3.8) is 0 Å². The molecule has 3 N–H and O–H groups in total. The molecule has 0 aliphatic heterocycles. The Bertz CT molecular complexity index is 1190. The molecule has 0 rings (SSSR count). The molecule has 0 aromatic heterocycles. The largest absolute Gasteiger partial charge is 0.466 e. The Morgan fingerprint density at radius 3 is 0.899 bits per heavy atom. The van der Waals surface area contributed by atoms with E-state index in [4.69, 9.17) is 4.74 Å². The predicted octanol–water partition coefficient (Wildman–Crippen LogP) is 23.5. The van der Waals surface area contributed by atoms with Gasteiger partial charge < -0.3 is 20.3 Å². The lowest BCUT2D eigenvalue weighted by atomic mass is 10.0.